The van der Waals surface area contributed by atoms with Crippen molar-refractivity contribution in [2.24, 2.45) is 0 Å². The van der Waals surface area contributed by atoms with Crippen LogP contribution in [0.15, 0.2) is 72.8 Å². The molecule has 3 aromatic carbocycles. The third-order valence-electron chi connectivity index (χ3n) is 5.35. The summed E-state index contributed by atoms with van der Waals surface area (Å²) < 4.78 is 10.6. The number of hydrogen-bond acceptors (Lipinski definition) is 5. The lowest BCUT2D eigenvalue weighted by Gasteiger charge is -2.16. The van der Waals surface area contributed by atoms with Gasteiger partial charge in [-0.3, -0.25) is 14.4 Å². The van der Waals surface area contributed by atoms with Gasteiger partial charge in [0.25, 0.3) is 11.8 Å². The number of hydrogen-bond donors (Lipinski definition) is 2. The zero-order chi connectivity index (χ0) is 23.9. The first-order valence-electron chi connectivity index (χ1n) is 10.9. The lowest BCUT2D eigenvalue weighted by molar-refractivity contribution is -0.118. The Morgan fingerprint density at radius 2 is 1.68 bits per heavy atom. The second kappa shape index (κ2) is 10.5. The summed E-state index contributed by atoms with van der Waals surface area (Å²) in [5.41, 5.74) is 2.53. The van der Waals surface area contributed by atoms with Gasteiger partial charge in [-0.1, -0.05) is 6.07 Å². The van der Waals surface area contributed by atoms with E-state index in [2.05, 4.69) is 10.6 Å². The first-order chi connectivity index (χ1) is 16.5. The summed E-state index contributed by atoms with van der Waals surface area (Å²) in [5, 5.41) is 5.57. The Labute approximate surface area is 197 Å². The van der Waals surface area contributed by atoms with Gasteiger partial charge in [0, 0.05) is 41.7 Å². The van der Waals surface area contributed by atoms with Crippen molar-refractivity contribution in [1.82, 2.24) is 0 Å². The van der Waals surface area contributed by atoms with E-state index in [0.717, 1.165) is 18.7 Å². The standard InChI is InChI=1S/C26H25N3O5/c1-33-23-5-2-4-20(16-23)27-24(30)17-34-22-13-7-18(8-14-22)26(32)28-19-9-11-21(12-10-19)29-15-3-6-25(29)31/h2,4-5,7-14,16H,3,6,15,17H2,1H3,(H,27,30)(H,28,32). The minimum absolute atomic E-state index is 0.122. The number of methoxy groups -OCH3 is 1. The van der Waals surface area contributed by atoms with Gasteiger partial charge in [-0.15, -0.1) is 0 Å². The van der Waals surface area contributed by atoms with Gasteiger partial charge in [-0.05, 0) is 67.1 Å². The maximum absolute atomic E-state index is 12.5. The van der Waals surface area contributed by atoms with E-state index < -0.39 is 0 Å². The Balaban J connectivity index is 1.27. The highest BCUT2D eigenvalue weighted by Gasteiger charge is 2.21. The molecule has 0 spiro atoms. The predicted octanol–water partition coefficient (Wildman–Crippen LogP) is 4.09. The summed E-state index contributed by atoms with van der Waals surface area (Å²) in [6.07, 6.45) is 1.44. The maximum atomic E-state index is 12.5. The van der Waals surface area contributed by atoms with Crippen molar-refractivity contribution in [2.75, 3.05) is 35.8 Å². The van der Waals surface area contributed by atoms with Crippen LogP contribution < -0.4 is 25.0 Å². The van der Waals surface area contributed by atoms with E-state index in [-0.39, 0.29) is 24.3 Å². The summed E-state index contributed by atoms with van der Waals surface area (Å²) in [6, 6.07) is 20.8. The van der Waals surface area contributed by atoms with Gasteiger partial charge in [-0.2, -0.15) is 0 Å². The van der Waals surface area contributed by atoms with Crippen LogP contribution in [0.5, 0.6) is 11.5 Å². The smallest absolute Gasteiger partial charge is 0.262 e. The lowest BCUT2D eigenvalue weighted by Crippen LogP contribution is -2.23. The molecular formula is C26H25N3O5. The van der Waals surface area contributed by atoms with Gasteiger partial charge < -0.3 is 25.0 Å². The molecule has 1 aliphatic heterocycles. The van der Waals surface area contributed by atoms with Gasteiger partial charge in [-0.25, -0.2) is 0 Å². The predicted molar refractivity (Wildman–Crippen MR) is 130 cm³/mol. The van der Waals surface area contributed by atoms with Crippen LogP contribution in [-0.2, 0) is 9.59 Å². The van der Waals surface area contributed by atoms with Gasteiger partial charge in [0.15, 0.2) is 6.61 Å². The molecule has 3 aromatic rings. The Morgan fingerprint density at radius 3 is 2.35 bits per heavy atom. The molecule has 174 valence electrons. The molecule has 8 heteroatoms. The Bertz CT molecular complexity index is 1180. The third-order valence-corrected chi connectivity index (χ3v) is 5.35. The highest BCUT2D eigenvalue weighted by atomic mass is 16.5. The first-order valence-corrected chi connectivity index (χ1v) is 10.9. The van der Waals surface area contributed by atoms with Gasteiger partial charge in [0.1, 0.15) is 11.5 Å². The largest absolute Gasteiger partial charge is 0.497 e. The van der Waals surface area contributed by atoms with Crippen LogP contribution in [0, 0.1) is 0 Å². The number of benzene rings is 3. The van der Waals surface area contributed by atoms with Crippen LogP contribution in [0.4, 0.5) is 17.1 Å². The monoisotopic (exact) mass is 459 g/mol. The number of amides is 3. The topological polar surface area (TPSA) is 97.0 Å². The number of nitrogens with one attached hydrogen (secondary N) is 2. The van der Waals surface area contributed by atoms with Crippen molar-refractivity contribution in [3.8, 4) is 11.5 Å². The van der Waals surface area contributed by atoms with E-state index >= 15 is 0 Å². The molecule has 0 saturated carbocycles. The van der Waals surface area contributed by atoms with E-state index in [1.54, 1.807) is 72.7 Å². The number of anilines is 3. The van der Waals surface area contributed by atoms with Crippen LogP contribution in [-0.4, -0.2) is 38.0 Å². The average molecular weight is 460 g/mol. The molecule has 3 amide bonds. The molecule has 1 saturated heterocycles. The van der Waals surface area contributed by atoms with E-state index in [0.29, 0.717) is 34.9 Å². The number of nitrogens with zero attached hydrogens (tertiary/aromatic N) is 1. The molecule has 0 aromatic heterocycles. The minimum Gasteiger partial charge on any atom is -0.497 e. The summed E-state index contributed by atoms with van der Waals surface area (Å²) >= 11 is 0. The molecule has 0 bridgehead atoms. The normalized spacial score (nSPS) is 12.9. The molecule has 1 heterocycles. The summed E-state index contributed by atoms with van der Waals surface area (Å²) in [5.74, 6) is 0.653. The SMILES string of the molecule is COc1cccc(NC(=O)COc2ccc(C(=O)Nc3ccc(N4CCCC4=O)cc3)cc2)c1. The molecular weight excluding hydrogens is 434 g/mol. The van der Waals surface area contributed by atoms with Gasteiger partial charge in [0.05, 0.1) is 7.11 Å². The van der Waals surface area contributed by atoms with Crippen LogP contribution in [0.1, 0.15) is 23.2 Å². The molecule has 0 unspecified atom stereocenters. The average Bonchev–Trinajstić information content (AvgIpc) is 3.29. The zero-order valence-electron chi connectivity index (χ0n) is 18.7. The van der Waals surface area contributed by atoms with Crippen molar-refractivity contribution in [2.45, 2.75) is 12.8 Å². The van der Waals surface area contributed by atoms with Gasteiger partial charge >= 0.3 is 0 Å². The number of ether oxygens (including phenoxy) is 2. The van der Waals surface area contributed by atoms with Gasteiger partial charge in [0.2, 0.25) is 5.91 Å². The fourth-order valence-electron chi connectivity index (χ4n) is 3.60. The molecule has 4 rings (SSSR count). The van der Waals surface area contributed by atoms with E-state index in [1.165, 1.54) is 0 Å². The van der Waals surface area contributed by atoms with Crippen molar-refractivity contribution in [1.29, 1.82) is 0 Å². The van der Waals surface area contributed by atoms with Crippen LogP contribution in [0.3, 0.4) is 0 Å². The second-order valence-electron chi connectivity index (χ2n) is 7.74. The Morgan fingerprint density at radius 1 is 0.912 bits per heavy atom. The van der Waals surface area contributed by atoms with Crippen LogP contribution >= 0.6 is 0 Å². The Kier molecular flexibility index (Phi) is 7.07. The summed E-state index contributed by atoms with van der Waals surface area (Å²) in [6.45, 7) is 0.552. The van der Waals surface area contributed by atoms with Crippen LogP contribution in [0.2, 0.25) is 0 Å². The first kappa shape index (κ1) is 22.8. The molecule has 2 N–H and O–H groups in total. The zero-order valence-corrected chi connectivity index (χ0v) is 18.7. The molecule has 0 aliphatic carbocycles. The fraction of sp³-hybridized carbons (Fsp3) is 0.192. The third kappa shape index (κ3) is 5.72. The number of carbonyl (C=O) groups excluding carboxylic acids is 3. The number of rotatable bonds is 8. The highest BCUT2D eigenvalue weighted by Crippen LogP contribution is 2.23. The Hall–Kier alpha value is -4.33. The molecule has 1 fully saturated rings. The fourth-order valence-corrected chi connectivity index (χ4v) is 3.60. The van der Waals surface area contributed by atoms with Crippen molar-refractivity contribution >= 4 is 34.8 Å². The molecule has 0 radical (unpaired) electrons. The van der Waals surface area contributed by atoms with Crippen molar-refractivity contribution in [3.63, 3.8) is 0 Å². The minimum atomic E-state index is -0.311. The van der Waals surface area contributed by atoms with E-state index in [4.69, 9.17) is 9.47 Å². The lowest BCUT2D eigenvalue weighted by atomic mass is 10.2. The maximum Gasteiger partial charge on any atom is 0.262 e. The van der Waals surface area contributed by atoms with E-state index in [9.17, 15) is 14.4 Å². The molecule has 8 nitrogen and oxygen atoms in total. The van der Waals surface area contributed by atoms with Crippen LogP contribution in [0.25, 0.3) is 0 Å². The highest BCUT2D eigenvalue weighted by molar-refractivity contribution is 6.04. The number of carbonyl (C=O) groups is 3. The van der Waals surface area contributed by atoms with Crippen molar-refractivity contribution < 1.29 is 23.9 Å². The summed E-state index contributed by atoms with van der Waals surface area (Å²) in [7, 11) is 1.56. The van der Waals surface area contributed by atoms with Crippen molar-refractivity contribution in [3.05, 3.63) is 78.4 Å². The molecule has 0 atom stereocenters. The van der Waals surface area contributed by atoms with E-state index in [1.807, 2.05) is 12.1 Å². The summed E-state index contributed by atoms with van der Waals surface area (Å²) in [4.78, 5) is 38.3. The second-order valence-corrected chi connectivity index (χ2v) is 7.74. The molecule has 1 aliphatic rings. The quantitative estimate of drug-likeness (QED) is 0.529. The molecule has 34 heavy (non-hydrogen) atoms.